The number of carbonyl (C=O) groups is 1. The smallest absolute Gasteiger partial charge is 0.163 e. The number of halogens is 1. The van der Waals surface area contributed by atoms with Gasteiger partial charge in [-0.25, -0.2) is 0 Å². The van der Waals surface area contributed by atoms with Crippen LogP contribution in [0.4, 0.5) is 0 Å². The molecule has 0 saturated carbocycles. The third-order valence-corrected chi connectivity index (χ3v) is 4.02. The van der Waals surface area contributed by atoms with Crippen LogP contribution in [0, 0.1) is 0 Å². The van der Waals surface area contributed by atoms with E-state index in [4.69, 9.17) is 0 Å². The summed E-state index contributed by atoms with van der Waals surface area (Å²) in [5, 5.41) is 11.0. The van der Waals surface area contributed by atoms with Gasteiger partial charge in [-0.15, -0.1) is 0 Å². The number of rotatable bonds is 1. The third kappa shape index (κ3) is 2.01. The van der Waals surface area contributed by atoms with Crippen molar-refractivity contribution < 1.29 is 9.90 Å². The molecule has 0 amide bonds. The molecular formula is C15H12BrNO2. The van der Waals surface area contributed by atoms with Crippen molar-refractivity contribution in [3.63, 3.8) is 0 Å². The van der Waals surface area contributed by atoms with Gasteiger partial charge in [-0.2, -0.15) is 0 Å². The number of benzene rings is 1. The summed E-state index contributed by atoms with van der Waals surface area (Å²) in [4.78, 5) is 16.2. The van der Waals surface area contributed by atoms with Crippen molar-refractivity contribution in [3.05, 3.63) is 63.9 Å². The maximum Gasteiger partial charge on any atom is 0.163 e. The molecule has 0 fully saturated rings. The van der Waals surface area contributed by atoms with Gasteiger partial charge in [0.1, 0.15) is 5.60 Å². The summed E-state index contributed by atoms with van der Waals surface area (Å²) in [6.07, 6.45) is 2.36. The average molecular weight is 318 g/mol. The van der Waals surface area contributed by atoms with Crippen molar-refractivity contribution in [3.8, 4) is 0 Å². The molecule has 1 aromatic heterocycles. The maximum absolute atomic E-state index is 12.0. The summed E-state index contributed by atoms with van der Waals surface area (Å²) in [6, 6.07) is 10.8. The van der Waals surface area contributed by atoms with E-state index in [-0.39, 0.29) is 5.78 Å². The summed E-state index contributed by atoms with van der Waals surface area (Å²) in [5.41, 5.74) is 0.621. The van der Waals surface area contributed by atoms with Crippen LogP contribution in [0.2, 0.25) is 0 Å². The molecule has 1 N–H and O–H groups in total. The largest absolute Gasteiger partial charge is 0.379 e. The van der Waals surface area contributed by atoms with E-state index < -0.39 is 5.60 Å². The fourth-order valence-electron chi connectivity index (χ4n) is 2.54. The van der Waals surface area contributed by atoms with Gasteiger partial charge in [0.15, 0.2) is 5.78 Å². The highest BCUT2D eigenvalue weighted by Gasteiger charge is 2.40. The third-order valence-electron chi connectivity index (χ3n) is 3.53. The minimum atomic E-state index is -1.19. The molecule has 2 aromatic rings. The highest BCUT2D eigenvalue weighted by Crippen LogP contribution is 2.40. The summed E-state index contributed by atoms with van der Waals surface area (Å²) in [7, 11) is 0. The lowest BCUT2D eigenvalue weighted by Crippen LogP contribution is -2.35. The highest BCUT2D eigenvalue weighted by molar-refractivity contribution is 9.10. The molecule has 1 unspecified atom stereocenters. The van der Waals surface area contributed by atoms with Gasteiger partial charge >= 0.3 is 0 Å². The van der Waals surface area contributed by atoms with Gasteiger partial charge in [-0.05, 0) is 36.8 Å². The van der Waals surface area contributed by atoms with Crippen LogP contribution in [0.15, 0.2) is 47.1 Å². The van der Waals surface area contributed by atoms with E-state index in [0.717, 1.165) is 4.47 Å². The van der Waals surface area contributed by atoms with Gasteiger partial charge in [0.2, 0.25) is 0 Å². The van der Waals surface area contributed by atoms with Crippen molar-refractivity contribution in [2.24, 2.45) is 0 Å². The predicted molar refractivity (Wildman–Crippen MR) is 74.9 cm³/mol. The molecule has 1 atom stereocenters. The normalized spacial score (nSPS) is 22.1. The monoisotopic (exact) mass is 317 g/mol. The first-order valence-electron chi connectivity index (χ1n) is 6.08. The number of aliphatic hydroxyl groups is 1. The summed E-state index contributed by atoms with van der Waals surface area (Å²) in [5.74, 6) is 0.0723. The van der Waals surface area contributed by atoms with Gasteiger partial charge in [0, 0.05) is 28.2 Å². The van der Waals surface area contributed by atoms with Crippen LogP contribution in [0.25, 0.3) is 0 Å². The fraction of sp³-hybridized carbons (Fsp3) is 0.200. The van der Waals surface area contributed by atoms with Crippen molar-refractivity contribution in [1.29, 1.82) is 0 Å². The summed E-state index contributed by atoms with van der Waals surface area (Å²) >= 11 is 3.39. The second kappa shape index (κ2) is 4.54. The first kappa shape index (κ1) is 12.5. The maximum atomic E-state index is 12.0. The number of pyridine rings is 1. The van der Waals surface area contributed by atoms with Crippen molar-refractivity contribution in [2.45, 2.75) is 18.4 Å². The molecule has 4 heteroatoms. The van der Waals surface area contributed by atoms with Crippen molar-refractivity contribution in [1.82, 2.24) is 4.98 Å². The molecule has 1 aliphatic rings. The Labute approximate surface area is 119 Å². The number of ketones is 1. The Bertz CT molecular complexity index is 642. The van der Waals surface area contributed by atoms with Gasteiger partial charge in [-0.3, -0.25) is 9.78 Å². The molecule has 0 aliphatic heterocycles. The molecule has 19 heavy (non-hydrogen) atoms. The van der Waals surface area contributed by atoms with E-state index in [9.17, 15) is 9.90 Å². The molecule has 0 spiro atoms. The lowest BCUT2D eigenvalue weighted by atomic mass is 9.76. The Hall–Kier alpha value is -1.52. The van der Waals surface area contributed by atoms with Gasteiger partial charge in [-0.1, -0.05) is 22.0 Å². The number of hydrogen-bond acceptors (Lipinski definition) is 3. The molecule has 3 rings (SSSR count). The summed E-state index contributed by atoms with van der Waals surface area (Å²) < 4.78 is 0.843. The number of aromatic nitrogens is 1. The van der Waals surface area contributed by atoms with E-state index in [0.29, 0.717) is 29.7 Å². The minimum Gasteiger partial charge on any atom is -0.379 e. The number of nitrogens with zero attached hydrogens (tertiary/aromatic N) is 1. The van der Waals surface area contributed by atoms with Crippen LogP contribution < -0.4 is 0 Å². The van der Waals surface area contributed by atoms with E-state index >= 15 is 0 Å². The van der Waals surface area contributed by atoms with E-state index in [1.165, 1.54) is 0 Å². The molecule has 1 aromatic carbocycles. The molecule has 1 heterocycles. The highest BCUT2D eigenvalue weighted by atomic mass is 79.9. The average Bonchev–Trinajstić information content (AvgIpc) is 2.44. The molecular weight excluding hydrogens is 306 g/mol. The second-order valence-electron chi connectivity index (χ2n) is 4.69. The van der Waals surface area contributed by atoms with E-state index in [1.807, 2.05) is 18.2 Å². The molecule has 0 bridgehead atoms. The zero-order valence-corrected chi connectivity index (χ0v) is 11.7. The van der Waals surface area contributed by atoms with Crippen molar-refractivity contribution in [2.75, 3.05) is 0 Å². The quantitative estimate of drug-likeness (QED) is 0.879. The van der Waals surface area contributed by atoms with Crippen LogP contribution in [0.5, 0.6) is 0 Å². The van der Waals surface area contributed by atoms with Crippen LogP contribution in [0.3, 0.4) is 0 Å². The molecule has 96 valence electrons. The van der Waals surface area contributed by atoms with Gasteiger partial charge < -0.3 is 5.11 Å². The number of carbonyl (C=O) groups excluding carboxylic acids is 1. The van der Waals surface area contributed by atoms with Crippen LogP contribution in [0.1, 0.15) is 34.5 Å². The van der Waals surface area contributed by atoms with Gasteiger partial charge in [0.05, 0.1) is 5.69 Å². The SMILES string of the molecule is O=C1CCC(O)(c2ccccn2)c2cc(Br)ccc21. The zero-order chi connectivity index (χ0) is 13.5. The molecule has 0 radical (unpaired) electrons. The molecule has 1 aliphatic carbocycles. The first-order chi connectivity index (χ1) is 9.11. The van der Waals surface area contributed by atoms with Crippen LogP contribution in [-0.2, 0) is 5.60 Å². The molecule has 3 nitrogen and oxygen atoms in total. The molecule has 0 saturated heterocycles. The minimum absolute atomic E-state index is 0.0723. The van der Waals surface area contributed by atoms with Crippen molar-refractivity contribution >= 4 is 21.7 Å². The zero-order valence-electron chi connectivity index (χ0n) is 10.1. The Morgan fingerprint density at radius 3 is 2.84 bits per heavy atom. The fourth-order valence-corrected chi connectivity index (χ4v) is 2.90. The Kier molecular flexibility index (Phi) is 2.99. The number of Topliss-reactive ketones (excluding diaryl/α,β-unsaturated/α-hetero) is 1. The summed E-state index contributed by atoms with van der Waals surface area (Å²) in [6.45, 7) is 0. The van der Waals surface area contributed by atoms with E-state index in [2.05, 4.69) is 20.9 Å². The Balaban J connectivity index is 2.23. The Morgan fingerprint density at radius 2 is 2.11 bits per heavy atom. The predicted octanol–water partition coefficient (Wildman–Crippen LogP) is 3.06. The van der Waals surface area contributed by atoms with E-state index in [1.54, 1.807) is 24.4 Å². The number of fused-ring (bicyclic) bond motifs is 1. The van der Waals surface area contributed by atoms with Gasteiger partial charge in [0.25, 0.3) is 0 Å². The number of hydrogen-bond donors (Lipinski definition) is 1. The standard InChI is InChI=1S/C15H12BrNO2/c16-10-4-5-11-12(9-10)15(19,7-6-13(11)18)14-3-1-2-8-17-14/h1-5,8-9,19H,6-7H2. The second-order valence-corrected chi connectivity index (χ2v) is 5.60. The first-order valence-corrected chi connectivity index (χ1v) is 6.88. The Morgan fingerprint density at radius 1 is 1.26 bits per heavy atom. The van der Waals surface area contributed by atoms with Crippen LogP contribution in [-0.4, -0.2) is 15.9 Å². The lowest BCUT2D eigenvalue weighted by Gasteiger charge is -2.33. The van der Waals surface area contributed by atoms with Crippen LogP contribution >= 0.6 is 15.9 Å². The topological polar surface area (TPSA) is 50.2 Å². The lowest BCUT2D eigenvalue weighted by molar-refractivity contribution is 0.0515.